The van der Waals surface area contributed by atoms with E-state index in [1.165, 1.54) is 0 Å². The summed E-state index contributed by atoms with van der Waals surface area (Å²) >= 11 is 0. The van der Waals surface area contributed by atoms with E-state index >= 15 is 0 Å². The summed E-state index contributed by atoms with van der Waals surface area (Å²) in [5.74, 6) is 1.61. The van der Waals surface area contributed by atoms with Crippen LogP contribution < -0.4 is 0 Å². The van der Waals surface area contributed by atoms with Gasteiger partial charge in [-0.2, -0.15) is 0 Å². The van der Waals surface area contributed by atoms with E-state index in [2.05, 4.69) is 28.6 Å². The molecule has 4 heteroatoms. The first-order valence-electron chi connectivity index (χ1n) is 9.05. The fourth-order valence-corrected chi connectivity index (χ4v) is 3.58. The molecule has 1 aromatic heterocycles. The van der Waals surface area contributed by atoms with Crippen LogP contribution in [0.3, 0.4) is 0 Å². The number of amides is 1. The predicted molar refractivity (Wildman–Crippen MR) is 103 cm³/mol. The van der Waals surface area contributed by atoms with E-state index in [1.54, 1.807) is 0 Å². The third-order valence-electron chi connectivity index (χ3n) is 5.04. The summed E-state index contributed by atoms with van der Waals surface area (Å²) in [6, 6.07) is 18.1. The van der Waals surface area contributed by atoms with Crippen molar-refractivity contribution in [1.29, 1.82) is 0 Å². The Labute approximate surface area is 154 Å². The van der Waals surface area contributed by atoms with Crippen molar-refractivity contribution >= 4 is 5.91 Å². The van der Waals surface area contributed by atoms with Gasteiger partial charge in [0.25, 0.3) is 5.91 Å². The van der Waals surface area contributed by atoms with E-state index in [0.29, 0.717) is 5.92 Å². The van der Waals surface area contributed by atoms with E-state index in [1.807, 2.05) is 60.5 Å². The van der Waals surface area contributed by atoms with Gasteiger partial charge in [-0.15, -0.1) is 0 Å². The van der Waals surface area contributed by atoms with Crippen LogP contribution in [-0.2, 0) is 6.54 Å². The minimum atomic E-state index is 0.135. The molecule has 0 aliphatic carbocycles. The maximum absolute atomic E-state index is 12.6. The van der Waals surface area contributed by atoms with Gasteiger partial charge in [0, 0.05) is 48.6 Å². The van der Waals surface area contributed by atoms with E-state index in [9.17, 15) is 4.79 Å². The molecular formula is C22H23N3O. The summed E-state index contributed by atoms with van der Waals surface area (Å²) in [4.78, 5) is 19.1. The molecule has 2 aromatic carbocycles. The van der Waals surface area contributed by atoms with Crippen LogP contribution in [-0.4, -0.2) is 33.4 Å². The quantitative estimate of drug-likeness (QED) is 0.718. The molecule has 3 aromatic rings. The van der Waals surface area contributed by atoms with Gasteiger partial charge in [0.15, 0.2) is 0 Å². The number of benzene rings is 2. The summed E-state index contributed by atoms with van der Waals surface area (Å²) in [6.45, 7) is 6.61. The third kappa shape index (κ3) is 3.15. The smallest absolute Gasteiger partial charge is 0.253 e. The third-order valence-corrected chi connectivity index (χ3v) is 5.04. The first-order valence-corrected chi connectivity index (χ1v) is 9.05. The Kier molecular flexibility index (Phi) is 4.33. The number of carbonyl (C=O) groups is 1. The minimum Gasteiger partial charge on any atom is -0.338 e. The number of imidazole rings is 1. The summed E-state index contributed by atoms with van der Waals surface area (Å²) in [5.41, 5.74) is 4.20. The lowest BCUT2D eigenvalue weighted by Gasteiger charge is -2.40. The van der Waals surface area contributed by atoms with Crippen LogP contribution in [0.5, 0.6) is 0 Å². The Morgan fingerprint density at radius 1 is 1.08 bits per heavy atom. The zero-order valence-electron chi connectivity index (χ0n) is 15.2. The van der Waals surface area contributed by atoms with Gasteiger partial charge in [0.2, 0.25) is 0 Å². The molecule has 0 bridgehead atoms. The highest BCUT2D eigenvalue weighted by molar-refractivity contribution is 5.94. The van der Waals surface area contributed by atoms with Crippen molar-refractivity contribution in [3.05, 3.63) is 77.6 Å². The molecule has 1 aliphatic heterocycles. The highest BCUT2D eigenvalue weighted by Gasteiger charge is 2.32. The number of hydrogen-bond donors (Lipinski definition) is 0. The number of hydrogen-bond acceptors (Lipinski definition) is 2. The van der Waals surface area contributed by atoms with Crippen molar-refractivity contribution in [2.45, 2.75) is 20.4 Å². The molecule has 132 valence electrons. The number of aromatic nitrogens is 2. The fraction of sp³-hybridized carbons (Fsp3) is 0.273. The van der Waals surface area contributed by atoms with Crippen molar-refractivity contribution in [2.24, 2.45) is 5.92 Å². The molecule has 4 rings (SSSR count). The topological polar surface area (TPSA) is 38.1 Å². The lowest BCUT2D eigenvalue weighted by molar-refractivity contribution is 0.0468. The van der Waals surface area contributed by atoms with Gasteiger partial charge in [-0.25, -0.2) is 4.98 Å². The first kappa shape index (κ1) is 16.6. The number of aryl methyl sites for hydroxylation is 2. The molecule has 0 saturated carbocycles. The number of rotatable bonds is 4. The minimum absolute atomic E-state index is 0.135. The van der Waals surface area contributed by atoms with Crippen molar-refractivity contribution in [3.8, 4) is 11.4 Å². The summed E-state index contributed by atoms with van der Waals surface area (Å²) in [5, 5.41) is 0. The lowest BCUT2D eigenvalue weighted by atomic mass is 9.98. The molecule has 0 unspecified atom stereocenters. The standard InChI is InChI=1S/C22H23N3O/c1-16-7-6-10-20(11-16)22(26)24-13-18(14-24)15-25-17(2)12-23-21(25)19-8-4-3-5-9-19/h3-12,18H,13-15H2,1-2H3. The fourth-order valence-electron chi connectivity index (χ4n) is 3.58. The van der Waals surface area contributed by atoms with E-state index in [-0.39, 0.29) is 5.91 Å². The maximum Gasteiger partial charge on any atom is 0.253 e. The summed E-state index contributed by atoms with van der Waals surface area (Å²) in [6.07, 6.45) is 1.93. The molecular weight excluding hydrogens is 322 g/mol. The molecule has 26 heavy (non-hydrogen) atoms. The van der Waals surface area contributed by atoms with Gasteiger partial charge in [0.1, 0.15) is 5.82 Å². The van der Waals surface area contributed by atoms with Crippen molar-refractivity contribution < 1.29 is 4.79 Å². The SMILES string of the molecule is Cc1cccc(C(=O)N2CC(Cn3c(C)cnc3-c3ccccc3)C2)c1. The average Bonchev–Trinajstić information content (AvgIpc) is 2.98. The van der Waals surface area contributed by atoms with Crippen LogP contribution in [0.25, 0.3) is 11.4 Å². The normalized spacial score (nSPS) is 14.3. The average molecular weight is 345 g/mol. The molecule has 0 N–H and O–H groups in total. The molecule has 2 heterocycles. The monoisotopic (exact) mass is 345 g/mol. The molecule has 1 amide bonds. The van der Waals surface area contributed by atoms with Gasteiger partial charge in [-0.05, 0) is 26.0 Å². The molecule has 0 spiro atoms. The van der Waals surface area contributed by atoms with E-state index in [4.69, 9.17) is 0 Å². The Morgan fingerprint density at radius 3 is 2.58 bits per heavy atom. The zero-order chi connectivity index (χ0) is 18.1. The Balaban J connectivity index is 1.44. The molecule has 0 radical (unpaired) electrons. The molecule has 1 aliphatic rings. The zero-order valence-corrected chi connectivity index (χ0v) is 15.2. The highest BCUT2D eigenvalue weighted by Crippen LogP contribution is 2.25. The van der Waals surface area contributed by atoms with Gasteiger partial charge >= 0.3 is 0 Å². The second-order valence-electron chi connectivity index (χ2n) is 7.15. The Morgan fingerprint density at radius 2 is 1.85 bits per heavy atom. The van der Waals surface area contributed by atoms with Crippen LogP contribution in [0.1, 0.15) is 21.6 Å². The first-order chi connectivity index (χ1) is 12.6. The number of likely N-dealkylation sites (tertiary alicyclic amines) is 1. The van der Waals surface area contributed by atoms with Crippen molar-refractivity contribution in [1.82, 2.24) is 14.5 Å². The lowest BCUT2D eigenvalue weighted by Crippen LogP contribution is -2.51. The van der Waals surface area contributed by atoms with Crippen molar-refractivity contribution in [2.75, 3.05) is 13.1 Å². The second-order valence-corrected chi connectivity index (χ2v) is 7.15. The van der Waals surface area contributed by atoms with Gasteiger partial charge in [-0.3, -0.25) is 4.79 Å². The van der Waals surface area contributed by atoms with Crippen LogP contribution in [0.15, 0.2) is 60.8 Å². The van der Waals surface area contributed by atoms with E-state index in [0.717, 1.165) is 47.8 Å². The van der Waals surface area contributed by atoms with Gasteiger partial charge < -0.3 is 9.47 Å². The summed E-state index contributed by atoms with van der Waals surface area (Å²) < 4.78 is 2.27. The maximum atomic E-state index is 12.6. The molecule has 1 saturated heterocycles. The second kappa shape index (κ2) is 6.79. The molecule has 0 atom stereocenters. The largest absolute Gasteiger partial charge is 0.338 e. The van der Waals surface area contributed by atoms with Gasteiger partial charge in [0.05, 0.1) is 0 Å². The summed E-state index contributed by atoms with van der Waals surface area (Å²) in [7, 11) is 0. The van der Waals surface area contributed by atoms with Crippen LogP contribution in [0.2, 0.25) is 0 Å². The van der Waals surface area contributed by atoms with Crippen molar-refractivity contribution in [3.63, 3.8) is 0 Å². The van der Waals surface area contributed by atoms with E-state index < -0.39 is 0 Å². The molecule has 1 fully saturated rings. The number of nitrogens with zero attached hydrogens (tertiary/aromatic N) is 3. The Hall–Kier alpha value is -2.88. The van der Waals surface area contributed by atoms with Gasteiger partial charge in [-0.1, -0.05) is 48.0 Å². The van der Waals surface area contributed by atoms with Crippen LogP contribution in [0.4, 0.5) is 0 Å². The van der Waals surface area contributed by atoms with Crippen LogP contribution in [0, 0.1) is 19.8 Å². The molecule has 4 nitrogen and oxygen atoms in total. The van der Waals surface area contributed by atoms with Crippen LogP contribution >= 0.6 is 0 Å². The Bertz CT molecular complexity index is 924. The number of carbonyl (C=O) groups excluding carboxylic acids is 1. The highest BCUT2D eigenvalue weighted by atomic mass is 16.2. The predicted octanol–water partition coefficient (Wildman–Crippen LogP) is 3.94.